The zero-order valence-corrected chi connectivity index (χ0v) is 7.90. The van der Waals surface area contributed by atoms with E-state index < -0.39 is 5.97 Å². The summed E-state index contributed by atoms with van der Waals surface area (Å²) in [5.74, 6) is -0.922. The summed E-state index contributed by atoms with van der Waals surface area (Å²) in [5.41, 5.74) is 0.0986. The first-order valence-corrected chi connectivity index (χ1v) is 4.21. The van der Waals surface area contributed by atoms with E-state index in [1.165, 1.54) is 29.4 Å². The summed E-state index contributed by atoms with van der Waals surface area (Å²) in [7, 11) is 0. The van der Waals surface area contributed by atoms with E-state index in [2.05, 4.69) is 15.0 Å². The molecule has 7 nitrogen and oxygen atoms in total. The maximum absolute atomic E-state index is 10.6. The van der Waals surface area contributed by atoms with Crippen molar-refractivity contribution in [2.75, 3.05) is 0 Å². The van der Waals surface area contributed by atoms with Crippen molar-refractivity contribution >= 4 is 5.97 Å². The molecular formula is C9H5N5O2. The maximum atomic E-state index is 10.6. The van der Waals surface area contributed by atoms with Crippen LogP contribution in [0.4, 0.5) is 0 Å². The fourth-order valence-electron chi connectivity index (χ4n) is 1.08. The molecule has 0 atom stereocenters. The molecule has 0 aliphatic carbocycles. The van der Waals surface area contributed by atoms with Crippen molar-refractivity contribution in [1.29, 1.82) is 5.26 Å². The number of hydrogen-bond donors (Lipinski definition) is 1. The molecule has 0 radical (unpaired) electrons. The molecule has 0 unspecified atom stereocenters. The third-order valence-corrected chi connectivity index (χ3v) is 1.79. The third-order valence-electron chi connectivity index (χ3n) is 1.79. The summed E-state index contributed by atoms with van der Waals surface area (Å²) in [4.78, 5) is 22.0. The van der Waals surface area contributed by atoms with Gasteiger partial charge >= 0.3 is 5.97 Å². The van der Waals surface area contributed by atoms with Gasteiger partial charge in [0.2, 0.25) is 5.95 Å². The molecule has 7 heteroatoms. The highest BCUT2D eigenvalue weighted by molar-refractivity contribution is 5.85. The largest absolute Gasteiger partial charge is 0.476 e. The van der Waals surface area contributed by atoms with Crippen LogP contribution >= 0.6 is 0 Å². The number of carbonyl (C=O) groups is 1. The first-order valence-electron chi connectivity index (χ1n) is 4.21. The molecule has 78 valence electrons. The second-order valence-electron chi connectivity index (χ2n) is 2.83. The molecule has 0 aromatic carbocycles. The van der Waals surface area contributed by atoms with E-state index in [9.17, 15) is 4.79 Å². The number of aromatic carboxylic acids is 1. The predicted octanol–water partition coefficient (Wildman–Crippen LogP) is 0.232. The molecule has 2 rings (SSSR count). The molecule has 2 heterocycles. The molecule has 1 N–H and O–H groups in total. The van der Waals surface area contributed by atoms with Crippen LogP contribution in [0.25, 0.3) is 5.95 Å². The van der Waals surface area contributed by atoms with E-state index in [1.807, 2.05) is 6.07 Å². The van der Waals surface area contributed by atoms with Gasteiger partial charge in [-0.2, -0.15) is 5.26 Å². The zero-order chi connectivity index (χ0) is 11.5. The van der Waals surface area contributed by atoms with Gasteiger partial charge in [-0.15, -0.1) is 0 Å². The lowest BCUT2D eigenvalue weighted by Gasteiger charge is -1.97. The summed E-state index contributed by atoms with van der Waals surface area (Å²) in [6.07, 6.45) is 3.97. The molecule has 0 fully saturated rings. The summed E-state index contributed by atoms with van der Waals surface area (Å²) < 4.78 is 1.34. The van der Waals surface area contributed by atoms with E-state index in [4.69, 9.17) is 10.4 Å². The second-order valence-corrected chi connectivity index (χ2v) is 2.83. The fraction of sp³-hybridized carbons (Fsp3) is 0. The number of nitrogens with zero attached hydrogens (tertiary/aromatic N) is 5. The Morgan fingerprint density at radius 3 is 2.94 bits per heavy atom. The zero-order valence-electron chi connectivity index (χ0n) is 7.90. The summed E-state index contributed by atoms with van der Waals surface area (Å²) in [6.45, 7) is 0. The Labute approximate surface area is 89.6 Å². The maximum Gasteiger partial charge on any atom is 0.356 e. The normalized spacial score (nSPS) is 9.69. The van der Waals surface area contributed by atoms with Gasteiger partial charge in [-0.1, -0.05) is 0 Å². The molecule has 0 amide bonds. The molecule has 0 spiro atoms. The Balaban J connectivity index is 2.43. The number of rotatable bonds is 2. The molecule has 0 saturated heterocycles. The van der Waals surface area contributed by atoms with Crippen molar-refractivity contribution in [3.63, 3.8) is 0 Å². The molecule has 16 heavy (non-hydrogen) atoms. The Bertz CT molecular complexity index is 584. The van der Waals surface area contributed by atoms with Crippen molar-refractivity contribution in [2.24, 2.45) is 0 Å². The lowest BCUT2D eigenvalue weighted by atomic mass is 10.4. The number of carboxylic acid groups (broad SMARTS) is 1. The first-order chi connectivity index (χ1) is 7.70. The number of hydrogen-bond acceptors (Lipinski definition) is 5. The van der Waals surface area contributed by atoms with Gasteiger partial charge in [0.25, 0.3) is 0 Å². The van der Waals surface area contributed by atoms with E-state index in [0.717, 1.165) is 0 Å². The molecule has 0 aliphatic heterocycles. The lowest BCUT2D eigenvalue weighted by Crippen LogP contribution is -2.00. The molecule has 0 bridgehead atoms. The van der Waals surface area contributed by atoms with E-state index >= 15 is 0 Å². The number of carboxylic acids is 1. The predicted molar refractivity (Wildman–Crippen MR) is 50.8 cm³/mol. The van der Waals surface area contributed by atoms with Gasteiger partial charge in [-0.3, -0.25) is 4.57 Å². The number of nitriles is 1. The van der Waals surface area contributed by atoms with E-state index in [0.29, 0.717) is 0 Å². The van der Waals surface area contributed by atoms with Gasteiger partial charge in [0.05, 0.1) is 0 Å². The monoisotopic (exact) mass is 215 g/mol. The van der Waals surface area contributed by atoms with Crippen LogP contribution in [0.1, 0.15) is 16.2 Å². The van der Waals surface area contributed by atoms with Crippen molar-refractivity contribution in [2.45, 2.75) is 0 Å². The van der Waals surface area contributed by atoms with Crippen LogP contribution in [0.5, 0.6) is 0 Å². The van der Waals surface area contributed by atoms with Crippen molar-refractivity contribution < 1.29 is 9.90 Å². The highest BCUT2D eigenvalue weighted by atomic mass is 16.4. The number of aromatic nitrogens is 4. The van der Waals surface area contributed by atoms with Crippen molar-refractivity contribution in [3.05, 3.63) is 36.2 Å². The van der Waals surface area contributed by atoms with Crippen LogP contribution in [0.3, 0.4) is 0 Å². The van der Waals surface area contributed by atoms with Crippen LogP contribution in [0.15, 0.2) is 24.8 Å². The van der Waals surface area contributed by atoms with Gasteiger partial charge < -0.3 is 5.11 Å². The van der Waals surface area contributed by atoms with Gasteiger partial charge in [0.1, 0.15) is 18.1 Å². The molecular weight excluding hydrogens is 210 g/mol. The topological polar surface area (TPSA) is 105 Å². The van der Waals surface area contributed by atoms with Crippen LogP contribution in [0, 0.1) is 11.3 Å². The van der Waals surface area contributed by atoms with Crippen LogP contribution in [-0.4, -0.2) is 30.6 Å². The summed E-state index contributed by atoms with van der Waals surface area (Å²) in [6, 6.07) is 3.32. The van der Waals surface area contributed by atoms with Gasteiger partial charge in [0, 0.05) is 12.4 Å². The Kier molecular flexibility index (Phi) is 2.31. The van der Waals surface area contributed by atoms with E-state index in [1.54, 1.807) is 0 Å². The Hall–Kier alpha value is -2.75. The minimum absolute atomic E-state index is 0.106. The average molecular weight is 215 g/mol. The standard InChI is InChI=1S/C9H5N5O2/c10-3-6-1-2-11-9(13-6)14-4-7(8(15)16)12-5-14/h1-2,4-5H,(H,15,16). The minimum atomic E-state index is -1.13. The average Bonchev–Trinajstić information content (AvgIpc) is 2.78. The quantitative estimate of drug-likeness (QED) is 0.768. The summed E-state index contributed by atoms with van der Waals surface area (Å²) in [5, 5.41) is 17.3. The molecule has 0 aliphatic rings. The second kappa shape index (κ2) is 3.78. The van der Waals surface area contributed by atoms with Crippen LogP contribution in [-0.2, 0) is 0 Å². The van der Waals surface area contributed by atoms with Gasteiger partial charge in [-0.05, 0) is 6.07 Å². The highest BCUT2D eigenvalue weighted by Crippen LogP contribution is 2.03. The fourth-order valence-corrected chi connectivity index (χ4v) is 1.08. The minimum Gasteiger partial charge on any atom is -0.476 e. The highest BCUT2D eigenvalue weighted by Gasteiger charge is 2.08. The number of imidazole rings is 1. The van der Waals surface area contributed by atoms with Crippen molar-refractivity contribution in [3.8, 4) is 12.0 Å². The summed E-state index contributed by atoms with van der Waals surface area (Å²) >= 11 is 0. The Morgan fingerprint density at radius 2 is 2.31 bits per heavy atom. The lowest BCUT2D eigenvalue weighted by molar-refractivity contribution is 0.0691. The first kappa shape index (κ1) is 9.79. The molecule has 0 saturated carbocycles. The van der Waals surface area contributed by atoms with Gasteiger partial charge in [-0.25, -0.2) is 19.7 Å². The van der Waals surface area contributed by atoms with Crippen LogP contribution in [0.2, 0.25) is 0 Å². The molecule has 2 aromatic rings. The van der Waals surface area contributed by atoms with Crippen molar-refractivity contribution in [1.82, 2.24) is 19.5 Å². The van der Waals surface area contributed by atoms with Crippen LogP contribution < -0.4 is 0 Å². The third kappa shape index (κ3) is 1.72. The SMILES string of the molecule is N#Cc1ccnc(-n2cnc(C(=O)O)c2)n1. The van der Waals surface area contributed by atoms with E-state index in [-0.39, 0.29) is 17.3 Å². The van der Waals surface area contributed by atoms with Gasteiger partial charge in [0.15, 0.2) is 5.69 Å². The molecule has 2 aromatic heterocycles. The Morgan fingerprint density at radius 1 is 1.50 bits per heavy atom. The smallest absolute Gasteiger partial charge is 0.356 e.